The van der Waals surface area contributed by atoms with Gasteiger partial charge in [-0.05, 0) is 31.6 Å². The summed E-state index contributed by atoms with van der Waals surface area (Å²) >= 11 is 0. The summed E-state index contributed by atoms with van der Waals surface area (Å²) in [5.74, 6) is 3.32. The van der Waals surface area contributed by atoms with Crippen LogP contribution in [0.5, 0.6) is 0 Å². The van der Waals surface area contributed by atoms with Crippen molar-refractivity contribution in [2.24, 2.45) is 5.92 Å². The molecular formula is C13H21N3. The Morgan fingerprint density at radius 2 is 2.12 bits per heavy atom. The van der Waals surface area contributed by atoms with Gasteiger partial charge in [0.25, 0.3) is 0 Å². The molecule has 1 N–H and O–H groups in total. The Morgan fingerprint density at radius 3 is 2.69 bits per heavy atom. The molecule has 0 unspecified atom stereocenters. The number of hydrogen-bond donors (Lipinski definition) is 1. The van der Waals surface area contributed by atoms with E-state index in [-0.39, 0.29) is 0 Å². The van der Waals surface area contributed by atoms with Crippen molar-refractivity contribution in [1.82, 2.24) is 9.97 Å². The van der Waals surface area contributed by atoms with Gasteiger partial charge in [-0.3, -0.25) is 0 Å². The maximum atomic E-state index is 4.64. The van der Waals surface area contributed by atoms with Crippen molar-refractivity contribution in [2.75, 3.05) is 11.9 Å². The van der Waals surface area contributed by atoms with E-state index < -0.39 is 0 Å². The number of hydrogen-bond acceptors (Lipinski definition) is 3. The zero-order valence-electron chi connectivity index (χ0n) is 10.5. The molecule has 0 radical (unpaired) electrons. The van der Waals surface area contributed by atoms with Gasteiger partial charge in [0.2, 0.25) is 0 Å². The lowest BCUT2D eigenvalue weighted by atomic mass is 10.1. The van der Waals surface area contributed by atoms with Crippen LogP contribution in [0.4, 0.5) is 5.82 Å². The van der Waals surface area contributed by atoms with E-state index >= 15 is 0 Å². The number of nitrogens with one attached hydrogen (secondary N) is 1. The first-order chi connectivity index (χ1) is 7.69. The van der Waals surface area contributed by atoms with Crippen LogP contribution in [0.3, 0.4) is 0 Å². The van der Waals surface area contributed by atoms with Crippen LogP contribution in [-0.4, -0.2) is 16.5 Å². The minimum Gasteiger partial charge on any atom is -0.370 e. The van der Waals surface area contributed by atoms with Crippen LogP contribution in [0.25, 0.3) is 0 Å². The average Bonchev–Trinajstić information content (AvgIpc) is 3.01. The van der Waals surface area contributed by atoms with Crippen molar-refractivity contribution in [2.45, 2.75) is 46.0 Å². The second kappa shape index (κ2) is 4.81. The maximum Gasteiger partial charge on any atom is 0.131 e. The third-order valence-electron chi connectivity index (χ3n) is 2.91. The molecule has 1 aromatic rings. The molecule has 0 atom stereocenters. The van der Waals surface area contributed by atoms with Crippen LogP contribution in [-0.2, 0) is 6.42 Å². The summed E-state index contributed by atoms with van der Waals surface area (Å²) in [5, 5.41) is 3.29. The highest BCUT2D eigenvalue weighted by molar-refractivity contribution is 5.36. The largest absolute Gasteiger partial charge is 0.370 e. The highest BCUT2D eigenvalue weighted by atomic mass is 15.0. The van der Waals surface area contributed by atoms with E-state index in [9.17, 15) is 0 Å². The molecule has 88 valence electrons. The predicted molar refractivity (Wildman–Crippen MR) is 66.7 cm³/mol. The van der Waals surface area contributed by atoms with Crippen LogP contribution < -0.4 is 5.32 Å². The summed E-state index contributed by atoms with van der Waals surface area (Å²) < 4.78 is 0. The first kappa shape index (κ1) is 11.4. The first-order valence-corrected chi connectivity index (χ1v) is 6.30. The number of anilines is 1. The zero-order chi connectivity index (χ0) is 11.5. The standard InChI is InChI=1S/C13H21N3/c1-4-14-12-8-11(9(2)3)15-13(16-12)7-10-5-6-10/h8-10H,4-7H2,1-3H3,(H,14,15,16). The molecule has 0 saturated heterocycles. The van der Waals surface area contributed by atoms with Gasteiger partial charge < -0.3 is 5.32 Å². The monoisotopic (exact) mass is 219 g/mol. The lowest BCUT2D eigenvalue weighted by Gasteiger charge is -2.10. The summed E-state index contributed by atoms with van der Waals surface area (Å²) in [5.41, 5.74) is 1.15. The molecule has 1 aliphatic carbocycles. The van der Waals surface area contributed by atoms with Crippen LogP contribution >= 0.6 is 0 Å². The highest BCUT2D eigenvalue weighted by Crippen LogP contribution is 2.32. The van der Waals surface area contributed by atoms with E-state index in [1.54, 1.807) is 0 Å². The normalized spacial score (nSPS) is 15.5. The summed E-state index contributed by atoms with van der Waals surface area (Å²) in [6, 6.07) is 2.07. The quantitative estimate of drug-likeness (QED) is 0.827. The van der Waals surface area contributed by atoms with Gasteiger partial charge in [0.05, 0.1) is 0 Å². The van der Waals surface area contributed by atoms with E-state index in [0.29, 0.717) is 5.92 Å². The van der Waals surface area contributed by atoms with Crippen LogP contribution in [0.2, 0.25) is 0 Å². The topological polar surface area (TPSA) is 37.8 Å². The van der Waals surface area contributed by atoms with E-state index in [1.807, 2.05) is 0 Å². The van der Waals surface area contributed by atoms with Crippen molar-refractivity contribution < 1.29 is 0 Å². The van der Waals surface area contributed by atoms with Gasteiger partial charge in [0, 0.05) is 24.7 Å². The third kappa shape index (κ3) is 2.94. The number of aromatic nitrogens is 2. The average molecular weight is 219 g/mol. The summed E-state index contributed by atoms with van der Waals surface area (Å²) in [7, 11) is 0. The van der Waals surface area contributed by atoms with Crippen molar-refractivity contribution in [3.05, 3.63) is 17.6 Å². The van der Waals surface area contributed by atoms with Crippen molar-refractivity contribution in [1.29, 1.82) is 0 Å². The Kier molecular flexibility index (Phi) is 3.42. The van der Waals surface area contributed by atoms with E-state index in [0.717, 1.165) is 36.2 Å². The van der Waals surface area contributed by atoms with Gasteiger partial charge in [-0.25, -0.2) is 9.97 Å². The van der Waals surface area contributed by atoms with Gasteiger partial charge in [0.15, 0.2) is 0 Å². The molecule has 0 amide bonds. The van der Waals surface area contributed by atoms with Crippen molar-refractivity contribution in [3.8, 4) is 0 Å². The molecule has 1 aliphatic rings. The van der Waals surface area contributed by atoms with E-state index in [4.69, 9.17) is 0 Å². The van der Waals surface area contributed by atoms with Crippen LogP contribution in [0, 0.1) is 5.92 Å². The van der Waals surface area contributed by atoms with Crippen molar-refractivity contribution >= 4 is 5.82 Å². The molecule has 16 heavy (non-hydrogen) atoms. The second-order valence-electron chi connectivity index (χ2n) is 4.93. The Morgan fingerprint density at radius 1 is 1.38 bits per heavy atom. The first-order valence-electron chi connectivity index (χ1n) is 6.30. The summed E-state index contributed by atoms with van der Waals surface area (Å²) in [4.78, 5) is 9.21. The van der Waals surface area contributed by atoms with Gasteiger partial charge >= 0.3 is 0 Å². The number of nitrogens with zero attached hydrogens (tertiary/aromatic N) is 2. The highest BCUT2D eigenvalue weighted by Gasteiger charge is 2.23. The molecule has 0 aliphatic heterocycles. The van der Waals surface area contributed by atoms with Crippen LogP contribution in [0.15, 0.2) is 6.07 Å². The van der Waals surface area contributed by atoms with E-state index in [2.05, 4.69) is 42.1 Å². The summed E-state index contributed by atoms with van der Waals surface area (Å²) in [6.07, 6.45) is 3.76. The second-order valence-corrected chi connectivity index (χ2v) is 4.93. The maximum absolute atomic E-state index is 4.64. The molecular weight excluding hydrogens is 198 g/mol. The smallest absolute Gasteiger partial charge is 0.131 e. The Bertz CT molecular complexity index is 356. The Hall–Kier alpha value is -1.12. The number of rotatable bonds is 5. The Labute approximate surface area is 97.7 Å². The van der Waals surface area contributed by atoms with Gasteiger partial charge in [0.1, 0.15) is 11.6 Å². The SMILES string of the molecule is CCNc1cc(C(C)C)nc(CC2CC2)n1. The lowest BCUT2D eigenvalue weighted by Crippen LogP contribution is -2.07. The van der Waals surface area contributed by atoms with E-state index in [1.165, 1.54) is 12.8 Å². The van der Waals surface area contributed by atoms with Gasteiger partial charge in [-0.15, -0.1) is 0 Å². The fourth-order valence-electron chi connectivity index (χ4n) is 1.76. The van der Waals surface area contributed by atoms with Crippen LogP contribution in [0.1, 0.15) is 51.0 Å². The molecule has 0 bridgehead atoms. The molecule has 1 saturated carbocycles. The molecule has 1 fully saturated rings. The lowest BCUT2D eigenvalue weighted by molar-refractivity contribution is 0.733. The minimum absolute atomic E-state index is 0.471. The molecule has 3 nitrogen and oxygen atoms in total. The molecule has 2 rings (SSSR count). The zero-order valence-corrected chi connectivity index (χ0v) is 10.5. The molecule has 1 aromatic heterocycles. The minimum atomic E-state index is 0.471. The van der Waals surface area contributed by atoms with Gasteiger partial charge in [-0.2, -0.15) is 0 Å². The molecule has 0 spiro atoms. The fourth-order valence-corrected chi connectivity index (χ4v) is 1.76. The fraction of sp³-hybridized carbons (Fsp3) is 0.692. The molecule has 1 heterocycles. The molecule has 0 aromatic carbocycles. The van der Waals surface area contributed by atoms with Crippen molar-refractivity contribution in [3.63, 3.8) is 0 Å². The Balaban J connectivity index is 2.20. The predicted octanol–water partition coefficient (Wildman–Crippen LogP) is 2.98. The summed E-state index contributed by atoms with van der Waals surface area (Å²) in [6.45, 7) is 7.37. The third-order valence-corrected chi connectivity index (χ3v) is 2.91. The molecule has 3 heteroatoms. The van der Waals surface area contributed by atoms with Gasteiger partial charge in [-0.1, -0.05) is 13.8 Å².